The molecule has 6 heteroatoms. The second-order valence-electron chi connectivity index (χ2n) is 4.58. The molecule has 0 fully saturated rings. The zero-order chi connectivity index (χ0) is 15.4. The molecule has 0 radical (unpaired) electrons. The van der Waals surface area contributed by atoms with Gasteiger partial charge in [-0.1, -0.05) is 30.3 Å². The number of aryl methyl sites for hydroxylation is 1. The van der Waals surface area contributed by atoms with E-state index in [1.165, 1.54) is 18.2 Å². The summed E-state index contributed by atoms with van der Waals surface area (Å²) >= 11 is 0. The number of non-ortho nitro benzene ring substituents is 1. The van der Waals surface area contributed by atoms with Crippen LogP contribution in [-0.4, -0.2) is 16.0 Å². The summed E-state index contributed by atoms with van der Waals surface area (Å²) in [5, 5.41) is 23.0. The number of anilines is 1. The fraction of sp³-hybridized carbons (Fsp3) is 0.133. The zero-order valence-electron chi connectivity index (χ0n) is 11.3. The predicted octanol–water partition coefficient (Wildman–Crippen LogP) is 3.14. The van der Waals surface area contributed by atoms with Crippen molar-refractivity contribution in [2.45, 2.75) is 13.0 Å². The Balaban J connectivity index is 2.30. The number of hydrogen-bond acceptors (Lipinski definition) is 4. The molecule has 0 aliphatic rings. The molecule has 0 aliphatic carbocycles. The number of nitrogens with zero attached hydrogens (tertiary/aromatic N) is 1. The minimum atomic E-state index is -1.01. The average molecular weight is 286 g/mol. The van der Waals surface area contributed by atoms with Crippen LogP contribution in [-0.2, 0) is 4.79 Å². The third-order valence-electron chi connectivity index (χ3n) is 3.10. The number of nitro groups is 1. The summed E-state index contributed by atoms with van der Waals surface area (Å²) < 4.78 is 0. The second-order valence-corrected chi connectivity index (χ2v) is 4.58. The van der Waals surface area contributed by atoms with Crippen molar-refractivity contribution in [2.75, 3.05) is 5.32 Å². The van der Waals surface area contributed by atoms with Crippen molar-refractivity contribution in [1.29, 1.82) is 0 Å². The van der Waals surface area contributed by atoms with E-state index in [1.54, 1.807) is 37.3 Å². The molecule has 21 heavy (non-hydrogen) atoms. The van der Waals surface area contributed by atoms with Gasteiger partial charge in [-0.2, -0.15) is 0 Å². The summed E-state index contributed by atoms with van der Waals surface area (Å²) in [6, 6.07) is 12.1. The summed E-state index contributed by atoms with van der Waals surface area (Å²) in [5.74, 6) is -1.01. The lowest BCUT2D eigenvalue weighted by Crippen LogP contribution is -2.20. The van der Waals surface area contributed by atoms with Crippen LogP contribution in [0.15, 0.2) is 48.5 Å². The van der Waals surface area contributed by atoms with Crippen LogP contribution < -0.4 is 5.32 Å². The molecule has 2 aromatic carbocycles. The summed E-state index contributed by atoms with van der Waals surface area (Å²) in [6.07, 6.45) is 0. The van der Waals surface area contributed by atoms with Crippen LogP contribution in [0.25, 0.3) is 0 Å². The molecule has 0 aromatic heterocycles. The van der Waals surface area contributed by atoms with Gasteiger partial charge >= 0.3 is 5.97 Å². The van der Waals surface area contributed by atoms with E-state index in [0.29, 0.717) is 16.8 Å². The maximum atomic E-state index is 11.4. The molecular weight excluding hydrogens is 272 g/mol. The smallest absolute Gasteiger partial charge is 0.330 e. The number of carbonyl (C=O) groups is 1. The molecule has 0 saturated heterocycles. The van der Waals surface area contributed by atoms with Crippen LogP contribution >= 0.6 is 0 Å². The van der Waals surface area contributed by atoms with Gasteiger partial charge in [0.25, 0.3) is 5.69 Å². The van der Waals surface area contributed by atoms with Crippen molar-refractivity contribution in [3.05, 3.63) is 69.8 Å². The molecule has 2 rings (SSSR count). The molecule has 0 amide bonds. The van der Waals surface area contributed by atoms with Gasteiger partial charge in [-0.25, -0.2) is 4.79 Å². The molecule has 0 spiro atoms. The number of carboxylic acid groups (broad SMARTS) is 1. The summed E-state index contributed by atoms with van der Waals surface area (Å²) in [4.78, 5) is 21.6. The van der Waals surface area contributed by atoms with Crippen LogP contribution in [0.3, 0.4) is 0 Å². The molecule has 0 saturated carbocycles. The van der Waals surface area contributed by atoms with Crippen molar-refractivity contribution < 1.29 is 14.8 Å². The Morgan fingerprint density at radius 2 is 1.90 bits per heavy atom. The Morgan fingerprint density at radius 3 is 2.43 bits per heavy atom. The second kappa shape index (κ2) is 6.04. The van der Waals surface area contributed by atoms with Crippen molar-refractivity contribution >= 4 is 17.3 Å². The number of hydrogen-bond donors (Lipinski definition) is 2. The van der Waals surface area contributed by atoms with Gasteiger partial charge < -0.3 is 10.4 Å². The number of aliphatic carboxylic acids is 1. The van der Waals surface area contributed by atoms with Gasteiger partial charge in [-0.3, -0.25) is 10.1 Å². The van der Waals surface area contributed by atoms with Crippen molar-refractivity contribution in [3.8, 4) is 0 Å². The van der Waals surface area contributed by atoms with Crippen molar-refractivity contribution in [2.24, 2.45) is 0 Å². The van der Waals surface area contributed by atoms with E-state index in [9.17, 15) is 20.0 Å². The number of rotatable bonds is 5. The van der Waals surface area contributed by atoms with E-state index in [1.807, 2.05) is 0 Å². The minimum Gasteiger partial charge on any atom is -0.479 e. The average Bonchev–Trinajstić information content (AvgIpc) is 2.46. The molecule has 6 nitrogen and oxygen atoms in total. The Hall–Kier alpha value is -2.89. The van der Waals surface area contributed by atoms with Gasteiger partial charge in [0.15, 0.2) is 6.04 Å². The SMILES string of the molecule is Cc1cc([N+](=O)[O-])ccc1NC(C(=O)O)c1ccccc1. The first-order valence-electron chi connectivity index (χ1n) is 6.28. The number of nitro benzene ring substituents is 1. The van der Waals surface area contributed by atoms with Crippen LogP contribution in [0.5, 0.6) is 0 Å². The van der Waals surface area contributed by atoms with Gasteiger partial charge in [-0.15, -0.1) is 0 Å². The normalized spacial score (nSPS) is 11.7. The van der Waals surface area contributed by atoms with E-state index in [0.717, 1.165) is 0 Å². The summed E-state index contributed by atoms with van der Waals surface area (Å²) in [6.45, 7) is 1.69. The third kappa shape index (κ3) is 3.36. The standard InChI is InChI=1S/C15H14N2O4/c1-10-9-12(17(20)21)7-8-13(10)16-14(15(18)19)11-5-3-2-4-6-11/h2-9,14,16H,1H3,(H,18,19). The lowest BCUT2D eigenvalue weighted by Gasteiger charge is -2.17. The topological polar surface area (TPSA) is 92.5 Å². The van der Waals surface area contributed by atoms with Gasteiger partial charge in [0.05, 0.1) is 4.92 Å². The molecule has 0 aliphatic heterocycles. The molecule has 1 unspecified atom stereocenters. The Labute approximate surface area is 121 Å². The van der Waals surface area contributed by atoms with Gasteiger partial charge in [0.1, 0.15) is 0 Å². The third-order valence-corrected chi connectivity index (χ3v) is 3.10. The number of benzene rings is 2. The van der Waals surface area contributed by atoms with E-state index in [-0.39, 0.29) is 5.69 Å². The Bertz CT molecular complexity index is 671. The van der Waals surface area contributed by atoms with Crippen LogP contribution in [0.2, 0.25) is 0 Å². The fourth-order valence-corrected chi connectivity index (χ4v) is 2.01. The van der Waals surface area contributed by atoms with Gasteiger partial charge in [0, 0.05) is 17.8 Å². The molecule has 2 N–H and O–H groups in total. The van der Waals surface area contributed by atoms with E-state index in [2.05, 4.69) is 5.32 Å². The highest BCUT2D eigenvalue weighted by Crippen LogP contribution is 2.25. The van der Waals surface area contributed by atoms with E-state index in [4.69, 9.17) is 0 Å². The maximum Gasteiger partial charge on any atom is 0.330 e. The summed E-state index contributed by atoms with van der Waals surface area (Å²) in [5.41, 5.74) is 1.76. The van der Waals surface area contributed by atoms with E-state index >= 15 is 0 Å². The Morgan fingerprint density at radius 1 is 1.24 bits per heavy atom. The molecule has 108 valence electrons. The largest absolute Gasteiger partial charge is 0.479 e. The fourth-order valence-electron chi connectivity index (χ4n) is 2.01. The molecule has 2 aromatic rings. The number of nitrogens with one attached hydrogen (secondary N) is 1. The van der Waals surface area contributed by atoms with Crippen LogP contribution in [0, 0.1) is 17.0 Å². The first-order chi connectivity index (χ1) is 9.99. The highest BCUT2D eigenvalue weighted by molar-refractivity contribution is 5.79. The molecular formula is C15H14N2O4. The molecule has 0 heterocycles. The van der Waals surface area contributed by atoms with Gasteiger partial charge in [0.2, 0.25) is 0 Å². The Kier molecular flexibility index (Phi) is 4.18. The van der Waals surface area contributed by atoms with Crippen LogP contribution in [0.4, 0.5) is 11.4 Å². The number of carboxylic acids is 1. The van der Waals surface area contributed by atoms with Crippen LogP contribution in [0.1, 0.15) is 17.2 Å². The monoisotopic (exact) mass is 286 g/mol. The molecule has 1 atom stereocenters. The summed E-state index contributed by atoms with van der Waals surface area (Å²) in [7, 11) is 0. The van der Waals surface area contributed by atoms with Crippen molar-refractivity contribution in [3.63, 3.8) is 0 Å². The van der Waals surface area contributed by atoms with E-state index < -0.39 is 16.9 Å². The quantitative estimate of drug-likeness (QED) is 0.650. The maximum absolute atomic E-state index is 11.4. The minimum absolute atomic E-state index is 0.0235. The van der Waals surface area contributed by atoms with Gasteiger partial charge in [-0.05, 0) is 24.1 Å². The first kappa shape index (κ1) is 14.5. The van der Waals surface area contributed by atoms with Crippen molar-refractivity contribution in [1.82, 2.24) is 0 Å². The highest BCUT2D eigenvalue weighted by atomic mass is 16.6. The predicted molar refractivity (Wildman–Crippen MR) is 78.3 cm³/mol. The highest BCUT2D eigenvalue weighted by Gasteiger charge is 2.20. The zero-order valence-corrected chi connectivity index (χ0v) is 11.3. The lowest BCUT2D eigenvalue weighted by molar-refractivity contribution is -0.384. The molecule has 0 bridgehead atoms. The lowest BCUT2D eigenvalue weighted by atomic mass is 10.1. The first-order valence-corrected chi connectivity index (χ1v) is 6.28.